The molecule has 0 radical (unpaired) electrons. The average molecular weight is 452 g/mol. The summed E-state index contributed by atoms with van der Waals surface area (Å²) in [5.74, 6) is 1.73. The third-order valence-electron chi connectivity index (χ3n) is 5.43. The van der Waals surface area contributed by atoms with Gasteiger partial charge in [-0.05, 0) is 19.1 Å². The van der Waals surface area contributed by atoms with Gasteiger partial charge in [0.2, 0.25) is 17.8 Å². The number of pyridine rings is 1. The van der Waals surface area contributed by atoms with Gasteiger partial charge in [-0.1, -0.05) is 23.7 Å². The van der Waals surface area contributed by atoms with Crippen LogP contribution in [0.25, 0.3) is 16.6 Å². The van der Waals surface area contributed by atoms with E-state index in [0.717, 1.165) is 16.8 Å². The number of carbonyl (C=O) groups is 1. The minimum atomic E-state index is -0.196. The van der Waals surface area contributed by atoms with E-state index in [2.05, 4.69) is 37.1 Å². The average Bonchev–Trinajstić information content (AvgIpc) is 3.27. The van der Waals surface area contributed by atoms with Crippen LogP contribution >= 0.6 is 11.6 Å². The molecule has 10 nitrogen and oxygen atoms in total. The van der Waals surface area contributed by atoms with Crippen LogP contribution < -0.4 is 20.9 Å². The van der Waals surface area contributed by atoms with E-state index in [0.29, 0.717) is 41.2 Å². The monoisotopic (exact) mass is 451 g/mol. The zero-order valence-electron chi connectivity index (χ0n) is 17.6. The lowest BCUT2D eigenvalue weighted by Crippen LogP contribution is -2.48. The van der Waals surface area contributed by atoms with E-state index in [9.17, 15) is 4.79 Å². The fourth-order valence-electron chi connectivity index (χ4n) is 3.86. The lowest BCUT2D eigenvalue weighted by molar-refractivity contribution is -0.120. The number of fused-ring (bicyclic) bond motifs is 2. The van der Waals surface area contributed by atoms with Crippen molar-refractivity contribution in [2.75, 3.05) is 42.2 Å². The van der Waals surface area contributed by atoms with Crippen molar-refractivity contribution in [1.29, 1.82) is 0 Å². The molecule has 11 heteroatoms. The van der Waals surface area contributed by atoms with E-state index in [1.807, 2.05) is 36.1 Å². The smallest absolute Gasteiger partial charge is 0.239 e. The molecule has 0 bridgehead atoms. The maximum absolute atomic E-state index is 12.1. The molecule has 4 heterocycles. The van der Waals surface area contributed by atoms with Crippen molar-refractivity contribution in [1.82, 2.24) is 29.9 Å². The summed E-state index contributed by atoms with van der Waals surface area (Å²) in [6.45, 7) is 3.49. The first kappa shape index (κ1) is 20.3. The molecule has 5 rings (SSSR count). The maximum atomic E-state index is 12.1. The number of carbonyl (C=O) groups excluding carboxylic acids is 1. The number of piperazine rings is 1. The molecule has 1 aromatic carbocycles. The Labute approximate surface area is 189 Å². The highest BCUT2D eigenvalue weighted by Gasteiger charge is 2.24. The van der Waals surface area contributed by atoms with Gasteiger partial charge < -0.3 is 20.9 Å². The Morgan fingerprint density at radius 3 is 2.91 bits per heavy atom. The minimum Gasteiger partial charge on any atom is -0.357 e. The molecule has 1 fully saturated rings. The van der Waals surface area contributed by atoms with Crippen LogP contribution in [0.2, 0.25) is 5.02 Å². The van der Waals surface area contributed by atoms with Gasteiger partial charge in [0.1, 0.15) is 5.82 Å². The zero-order chi connectivity index (χ0) is 22.2. The molecule has 3 aromatic heterocycles. The normalized spacial score (nSPS) is 15.1. The van der Waals surface area contributed by atoms with Crippen LogP contribution in [0.4, 0.5) is 17.7 Å². The SMILES string of the molecule is CNc1nc(N[C@@H](C)c2cc3cccc(Cl)c3nc2N2CCNC(=O)C2)n2nccc2n1. The predicted octanol–water partition coefficient (Wildman–Crippen LogP) is 2.48. The second-order valence-electron chi connectivity index (χ2n) is 7.57. The molecule has 1 atom stereocenters. The topological polar surface area (TPSA) is 112 Å². The van der Waals surface area contributed by atoms with Gasteiger partial charge in [0.25, 0.3) is 0 Å². The Hall–Kier alpha value is -3.66. The molecule has 0 unspecified atom stereocenters. The first-order valence-corrected chi connectivity index (χ1v) is 10.7. The number of nitrogens with zero attached hydrogens (tertiary/aromatic N) is 6. The van der Waals surface area contributed by atoms with E-state index in [1.54, 1.807) is 17.8 Å². The quantitative estimate of drug-likeness (QED) is 0.424. The van der Waals surface area contributed by atoms with Gasteiger partial charge >= 0.3 is 0 Å². The Kier molecular flexibility index (Phi) is 5.14. The Balaban J connectivity index is 1.60. The van der Waals surface area contributed by atoms with Crippen molar-refractivity contribution in [2.24, 2.45) is 0 Å². The van der Waals surface area contributed by atoms with Crippen molar-refractivity contribution < 1.29 is 4.79 Å². The second kappa shape index (κ2) is 8.12. The van der Waals surface area contributed by atoms with Crippen molar-refractivity contribution in [2.45, 2.75) is 13.0 Å². The third kappa shape index (κ3) is 3.62. The summed E-state index contributed by atoms with van der Waals surface area (Å²) in [4.78, 5) is 27.9. The zero-order valence-corrected chi connectivity index (χ0v) is 18.4. The van der Waals surface area contributed by atoms with Gasteiger partial charge in [0, 0.05) is 37.2 Å². The first-order valence-electron chi connectivity index (χ1n) is 10.3. The highest BCUT2D eigenvalue weighted by atomic mass is 35.5. The maximum Gasteiger partial charge on any atom is 0.239 e. The number of hydrogen-bond acceptors (Lipinski definition) is 8. The number of aromatic nitrogens is 5. The van der Waals surface area contributed by atoms with Gasteiger partial charge in [0.15, 0.2) is 5.65 Å². The van der Waals surface area contributed by atoms with Crippen molar-refractivity contribution in [3.8, 4) is 0 Å². The summed E-state index contributed by atoms with van der Waals surface area (Å²) < 4.78 is 1.65. The summed E-state index contributed by atoms with van der Waals surface area (Å²) in [6, 6.07) is 9.38. The fraction of sp³-hybridized carbons (Fsp3) is 0.286. The van der Waals surface area contributed by atoms with E-state index in [1.165, 1.54) is 0 Å². The lowest BCUT2D eigenvalue weighted by atomic mass is 10.0. The number of para-hydroxylation sites is 1. The largest absolute Gasteiger partial charge is 0.357 e. The highest BCUT2D eigenvalue weighted by molar-refractivity contribution is 6.35. The molecular formula is C21H22ClN9O. The number of hydrogen-bond donors (Lipinski definition) is 3. The van der Waals surface area contributed by atoms with Gasteiger partial charge in [-0.15, -0.1) is 0 Å². The molecule has 0 aliphatic carbocycles. The Morgan fingerprint density at radius 2 is 2.09 bits per heavy atom. The number of nitrogens with one attached hydrogen (secondary N) is 3. The van der Waals surface area contributed by atoms with Crippen LogP contribution in [0.1, 0.15) is 18.5 Å². The van der Waals surface area contributed by atoms with Crippen LogP contribution in [-0.2, 0) is 4.79 Å². The summed E-state index contributed by atoms with van der Waals surface area (Å²) in [5.41, 5.74) is 2.31. The van der Waals surface area contributed by atoms with E-state index >= 15 is 0 Å². The number of rotatable bonds is 5. The molecule has 1 amide bonds. The first-order chi connectivity index (χ1) is 15.5. The molecule has 0 spiro atoms. The van der Waals surface area contributed by atoms with Crippen LogP contribution in [0.3, 0.4) is 0 Å². The van der Waals surface area contributed by atoms with Gasteiger partial charge in [-0.3, -0.25) is 4.79 Å². The van der Waals surface area contributed by atoms with E-state index in [-0.39, 0.29) is 18.5 Å². The standard InChI is InChI=1S/C21H22ClN9O/c1-12(26-21-29-20(23-2)27-16-6-7-25-31(16)21)14-10-13-4-3-5-15(22)18(13)28-19(14)30-9-8-24-17(32)11-30/h3-7,10,12H,8-9,11H2,1-2H3,(H,24,32)(H2,23,26,27,29)/t12-/m0/s1. The van der Waals surface area contributed by atoms with Crippen LogP contribution in [0.5, 0.6) is 0 Å². The predicted molar refractivity (Wildman–Crippen MR) is 124 cm³/mol. The van der Waals surface area contributed by atoms with Crippen LogP contribution in [-0.4, -0.2) is 57.2 Å². The van der Waals surface area contributed by atoms with Crippen LogP contribution in [0, 0.1) is 0 Å². The minimum absolute atomic E-state index is 0.0309. The second-order valence-corrected chi connectivity index (χ2v) is 7.98. The Morgan fingerprint density at radius 1 is 1.22 bits per heavy atom. The molecule has 4 aromatic rings. The molecule has 1 saturated heterocycles. The number of benzene rings is 1. The molecule has 164 valence electrons. The molecule has 1 aliphatic heterocycles. The lowest BCUT2D eigenvalue weighted by Gasteiger charge is -2.31. The van der Waals surface area contributed by atoms with Gasteiger partial charge in [0.05, 0.1) is 29.3 Å². The highest BCUT2D eigenvalue weighted by Crippen LogP contribution is 2.33. The van der Waals surface area contributed by atoms with Crippen LogP contribution in [0.15, 0.2) is 36.5 Å². The molecule has 3 N–H and O–H groups in total. The van der Waals surface area contributed by atoms with Gasteiger partial charge in [-0.25, -0.2) is 4.98 Å². The number of halogens is 1. The Bertz CT molecular complexity index is 1320. The summed E-state index contributed by atoms with van der Waals surface area (Å²) in [5, 5.41) is 15.1. The van der Waals surface area contributed by atoms with Crippen molar-refractivity contribution >= 4 is 51.8 Å². The summed E-state index contributed by atoms with van der Waals surface area (Å²) >= 11 is 6.43. The van der Waals surface area contributed by atoms with E-state index in [4.69, 9.17) is 16.6 Å². The molecule has 1 aliphatic rings. The molecule has 0 saturated carbocycles. The third-order valence-corrected chi connectivity index (χ3v) is 5.74. The van der Waals surface area contributed by atoms with Crippen molar-refractivity contribution in [3.63, 3.8) is 0 Å². The fourth-order valence-corrected chi connectivity index (χ4v) is 4.09. The van der Waals surface area contributed by atoms with Gasteiger partial charge in [-0.2, -0.15) is 19.6 Å². The van der Waals surface area contributed by atoms with Crippen molar-refractivity contribution in [3.05, 3.63) is 47.1 Å². The molecular weight excluding hydrogens is 430 g/mol. The number of anilines is 3. The summed E-state index contributed by atoms with van der Waals surface area (Å²) in [7, 11) is 1.77. The van der Waals surface area contributed by atoms with E-state index < -0.39 is 0 Å². The summed E-state index contributed by atoms with van der Waals surface area (Å²) in [6.07, 6.45) is 1.68. The number of amides is 1. The molecule has 32 heavy (non-hydrogen) atoms.